The van der Waals surface area contributed by atoms with Crippen LogP contribution in [0.2, 0.25) is 0 Å². The van der Waals surface area contributed by atoms with Gasteiger partial charge in [0.05, 0.1) is 0 Å². The number of amides is 1. The Morgan fingerprint density at radius 2 is 2.16 bits per heavy atom. The lowest BCUT2D eigenvalue weighted by Crippen LogP contribution is -2.50. The molecule has 1 aliphatic heterocycles. The molecule has 0 spiro atoms. The highest BCUT2D eigenvalue weighted by atomic mass is 16.4. The molecule has 0 radical (unpaired) electrons. The molecule has 2 unspecified atom stereocenters. The van der Waals surface area contributed by atoms with Crippen molar-refractivity contribution in [3.63, 3.8) is 0 Å². The molecule has 2 heterocycles. The molecule has 1 aromatic heterocycles. The number of carboxylic acids is 1. The van der Waals surface area contributed by atoms with E-state index in [1.807, 2.05) is 6.92 Å². The molecule has 102 valence electrons. The summed E-state index contributed by atoms with van der Waals surface area (Å²) in [5.74, 6) is -1.16. The molecule has 1 amide bonds. The van der Waals surface area contributed by atoms with Gasteiger partial charge >= 0.3 is 5.97 Å². The Balaban J connectivity index is 2.26. The number of aromatic nitrogens is 1. The third-order valence-corrected chi connectivity index (χ3v) is 3.41. The number of nitrogens with zero attached hydrogens (tertiary/aromatic N) is 1. The van der Waals surface area contributed by atoms with Crippen molar-refractivity contribution in [1.29, 1.82) is 0 Å². The van der Waals surface area contributed by atoms with Gasteiger partial charge in [-0.15, -0.1) is 0 Å². The highest BCUT2D eigenvalue weighted by Gasteiger charge is 2.35. The lowest BCUT2D eigenvalue weighted by molar-refractivity contribution is -0.144. The second kappa shape index (κ2) is 5.26. The molecule has 2 rings (SSSR count). The molecule has 0 bridgehead atoms. The first kappa shape index (κ1) is 13.3. The second-order valence-electron chi connectivity index (χ2n) is 4.91. The topological polar surface area (TPSA) is 90.5 Å². The fraction of sp³-hybridized carbons (Fsp3) is 0.462. The number of likely N-dealkylation sites (tertiary alicyclic amines) is 1. The molecule has 2 N–H and O–H groups in total. The SMILES string of the molecule is CC1CCN(C(=O)c2cccc(=O)[nH]2)C(C(=O)O)C1. The predicted molar refractivity (Wildman–Crippen MR) is 67.9 cm³/mol. The highest BCUT2D eigenvalue weighted by molar-refractivity contribution is 5.95. The molecule has 6 heteroatoms. The Kier molecular flexibility index (Phi) is 3.69. The van der Waals surface area contributed by atoms with Crippen molar-refractivity contribution in [2.45, 2.75) is 25.8 Å². The quantitative estimate of drug-likeness (QED) is 0.822. The van der Waals surface area contributed by atoms with Crippen molar-refractivity contribution in [1.82, 2.24) is 9.88 Å². The van der Waals surface area contributed by atoms with Crippen LogP contribution in [0.5, 0.6) is 0 Å². The van der Waals surface area contributed by atoms with Crippen LogP contribution in [0, 0.1) is 5.92 Å². The van der Waals surface area contributed by atoms with E-state index in [1.54, 1.807) is 0 Å². The van der Waals surface area contributed by atoms with Crippen LogP contribution in [0.15, 0.2) is 23.0 Å². The standard InChI is InChI=1S/C13H16N2O4/c1-8-5-6-15(10(7-8)13(18)19)12(17)9-3-2-4-11(16)14-9/h2-4,8,10H,5-7H2,1H3,(H,14,16)(H,18,19). The second-order valence-corrected chi connectivity index (χ2v) is 4.91. The van der Waals surface area contributed by atoms with E-state index < -0.39 is 17.9 Å². The van der Waals surface area contributed by atoms with Crippen molar-refractivity contribution >= 4 is 11.9 Å². The molecule has 0 aromatic carbocycles. The van der Waals surface area contributed by atoms with Crippen LogP contribution in [-0.2, 0) is 4.79 Å². The number of pyridine rings is 1. The van der Waals surface area contributed by atoms with Gasteiger partial charge in [0.15, 0.2) is 0 Å². The van der Waals surface area contributed by atoms with Gasteiger partial charge in [-0.1, -0.05) is 13.0 Å². The van der Waals surface area contributed by atoms with E-state index in [2.05, 4.69) is 4.98 Å². The maximum Gasteiger partial charge on any atom is 0.326 e. The summed E-state index contributed by atoms with van der Waals surface area (Å²) in [4.78, 5) is 38.5. The summed E-state index contributed by atoms with van der Waals surface area (Å²) in [5.41, 5.74) is -0.239. The minimum Gasteiger partial charge on any atom is -0.480 e. The molecule has 0 saturated carbocycles. The first-order chi connectivity index (χ1) is 8.99. The highest BCUT2D eigenvalue weighted by Crippen LogP contribution is 2.23. The normalized spacial score (nSPS) is 23.1. The molecule has 2 atom stereocenters. The van der Waals surface area contributed by atoms with E-state index in [-0.39, 0.29) is 17.2 Å². The van der Waals surface area contributed by atoms with Crippen LogP contribution in [0.1, 0.15) is 30.3 Å². The molecule has 19 heavy (non-hydrogen) atoms. The minimum absolute atomic E-state index is 0.133. The number of H-pyrrole nitrogens is 1. The summed E-state index contributed by atoms with van der Waals surface area (Å²) < 4.78 is 0. The van der Waals surface area contributed by atoms with Crippen LogP contribution < -0.4 is 5.56 Å². The largest absolute Gasteiger partial charge is 0.480 e. The van der Waals surface area contributed by atoms with Gasteiger partial charge < -0.3 is 15.0 Å². The van der Waals surface area contributed by atoms with Crippen molar-refractivity contribution in [2.75, 3.05) is 6.54 Å². The van der Waals surface area contributed by atoms with Crippen molar-refractivity contribution in [2.24, 2.45) is 5.92 Å². The summed E-state index contributed by atoms with van der Waals surface area (Å²) in [6.07, 6.45) is 1.21. The van der Waals surface area contributed by atoms with E-state index >= 15 is 0 Å². The van der Waals surface area contributed by atoms with Crippen LogP contribution >= 0.6 is 0 Å². The number of nitrogens with one attached hydrogen (secondary N) is 1. The molecule has 1 aliphatic rings. The predicted octanol–water partition coefficient (Wildman–Crippen LogP) is 0.700. The van der Waals surface area contributed by atoms with Crippen LogP contribution in [0.25, 0.3) is 0 Å². The first-order valence-corrected chi connectivity index (χ1v) is 6.22. The Morgan fingerprint density at radius 1 is 1.42 bits per heavy atom. The third kappa shape index (κ3) is 2.83. The number of hydrogen-bond acceptors (Lipinski definition) is 3. The van der Waals surface area contributed by atoms with E-state index in [9.17, 15) is 19.5 Å². The number of aromatic amines is 1. The zero-order chi connectivity index (χ0) is 14.0. The molecule has 1 aromatic rings. The molecule has 1 fully saturated rings. The Labute approximate surface area is 110 Å². The van der Waals surface area contributed by atoms with E-state index in [0.717, 1.165) is 6.42 Å². The maximum absolute atomic E-state index is 12.3. The monoisotopic (exact) mass is 264 g/mol. The Morgan fingerprint density at radius 3 is 2.79 bits per heavy atom. The number of carboxylic acid groups (broad SMARTS) is 1. The smallest absolute Gasteiger partial charge is 0.326 e. The van der Waals surface area contributed by atoms with Gasteiger partial charge in [-0.2, -0.15) is 0 Å². The Bertz CT molecular complexity index is 552. The van der Waals surface area contributed by atoms with Crippen molar-refractivity contribution in [3.05, 3.63) is 34.2 Å². The van der Waals surface area contributed by atoms with E-state index in [4.69, 9.17) is 0 Å². The van der Waals surface area contributed by atoms with Crippen LogP contribution in [-0.4, -0.2) is 39.5 Å². The van der Waals surface area contributed by atoms with Gasteiger partial charge in [0.2, 0.25) is 5.56 Å². The molecular weight excluding hydrogens is 248 g/mol. The van der Waals surface area contributed by atoms with Gasteiger partial charge in [0, 0.05) is 12.6 Å². The molecule has 6 nitrogen and oxygen atoms in total. The summed E-state index contributed by atoms with van der Waals surface area (Å²) in [5, 5.41) is 9.21. The third-order valence-electron chi connectivity index (χ3n) is 3.41. The number of carbonyl (C=O) groups is 2. The Hall–Kier alpha value is -2.11. The molecular formula is C13H16N2O4. The van der Waals surface area contributed by atoms with Gasteiger partial charge in [-0.3, -0.25) is 9.59 Å². The van der Waals surface area contributed by atoms with Gasteiger partial charge in [-0.05, 0) is 24.8 Å². The number of carbonyl (C=O) groups excluding carboxylic acids is 1. The number of rotatable bonds is 2. The summed E-state index contributed by atoms with van der Waals surface area (Å²) in [7, 11) is 0. The van der Waals surface area contributed by atoms with Crippen molar-refractivity contribution in [3.8, 4) is 0 Å². The lowest BCUT2D eigenvalue weighted by atomic mass is 9.92. The van der Waals surface area contributed by atoms with Crippen LogP contribution in [0.4, 0.5) is 0 Å². The zero-order valence-electron chi connectivity index (χ0n) is 10.6. The van der Waals surface area contributed by atoms with Crippen LogP contribution in [0.3, 0.4) is 0 Å². The molecule has 0 aliphatic carbocycles. The number of piperidine rings is 1. The maximum atomic E-state index is 12.3. The average molecular weight is 264 g/mol. The lowest BCUT2D eigenvalue weighted by Gasteiger charge is -2.35. The average Bonchev–Trinajstić information content (AvgIpc) is 2.37. The van der Waals surface area contributed by atoms with E-state index in [1.165, 1.54) is 23.1 Å². The molecule has 1 saturated heterocycles. The number of hydrogen-bond donors (Lipinski definition) is 2. The summed E-state index contributed by atoms with van der Waals surface area (Å²) >= 11 is 0. The first-order valence-electron chi connectivity index (χ1n) is 6.22. The summed E-state index contributed by atoms with van der Waals surface area (Å²) in [6, 6.07) is 3.46. The van der Waals surface area contributed by atoms with Crippen molar-refractivity contribution < 1.29 is 14.7 Å². The zero-order valence-corrected chi connectivity index (χ0v) is 10.6. The summed E-state index contributed by atoms with van der Waals surface area (Å²) in [6.45, 7) is 2.37. The number of aliphatic carboxylic acids is 1. The van der Waals surface area contributed by atoms with E-state index in [0.29, 0.717) is 13.0 Å². The minimum atomic E-state index is -1.00. The van der Waals surface area contributed by atoms with Gasteiger partial charge in [-0.25, -0.2) is 4.79 Å². The fourth-order valence-corrected chi connectivity index (χ4v) is 2.35. The van der Waals surface area contributed by atoms with Gasteiger partial charge in [0.1, 0.15) is 11.7 Å². The van der Waals surface area contributed by atoms with Gasteiger partial charge in [0.25, 0.3) is 5.91 Å². The fourth-order valence-electron chi connectivity index (χ4n) is 2.35.